The maximum atomic E-state index is 12.9. The van der Waals surface area contributed by atoms with Crippen LogP contribution in [-0.2, 0) is 9.59 Å². The number of hydrogen-bond acceptors (Lipinski definition) is 7. The molecule has 1 aliphatic heterocycles. The number of hydrogen-bond donors (Lipinski definition) is 1. The van der Waals surface area contributed by atoms with Crippen molar-refractivity contribution in [2.75, 3.05) is 28.4 Å². The highest BCUT2D eigenvalue weighted by Gasteiger charge is 2.35. The number of benzene rings is 2. The lowest BCUT2D eigenvalue weighted by Gasteiger charge is -2.24. The largest absolute Gasteiger partial charge is 0.497 e. The van der Waals surface area contributed by atoms with E-state index in [4.69, 9.17) is 24.1 Å². The fourth-order valence-corrected chi connectivity index (χ4v) is 3.63. The van der Waals surface area contributed by atoms with Gasteiger partial charge in [0.25, 0.3) is 0 Å². The van der Waals surface area contributed by atoms with Gasteiger partial charge < -0.3 is 24.1 Å². The van der Waals surface area contributed by atoms with Crippen LogP contribution in [0.15, 0.2) is 41.5 Å². The minimum Gasteiger partial charge on any atom is -0.497 e. The highest BCUT2D eigenvalue weighted by Crippen LogP contribution is 2.42. The van der Waals surface area contributed by atoms with Crippen molar-refractivity contribution in [3.05, 3.63) is 47.5 Å². The molecule has 1 unspecified atom stereocenters. The summed E-state index contributed by atoms with van der Waals surface area (Å²) >= 11 is 0. The van der Waals surface area contributed by atoms with E-state index in [0.29, 0.717) is 40.7 Å². The topological polar surface area (TPSA) is 107 Å². The predicted octanol–water partition coefficient (Wildman–Crippen LogP) is 3.26. The summed E-state index contributed by atoms with van der Waals surface area (Å²) in [6, 6.07) is 10.3. The number of nitrogens with zero attached hydrogens (tertiary/aromatic N) is 2. The van der Waals surface area contributed by atoms with Gasteiger partial charge in [-0.3, -0.25) is 9.59 Å². The maximum absolute atomic E-state index is 12.9. The summed E-state index contributed by atoms with van der Waals surface area (Å²) in [5.41, 5.74) is 2.09. The minimum absolute atomic E-state index is 0.170. The van der Waals surface area contributed by atoms with Crippen LogP contribution in [0.1, 0.15) is 36.4 Å². The number of carboxylic acid groups (broad SMARTS) is 1. The van der Waals surface area contributed by atoms with Crippen molar-refractivity contribution in [3.63, 3.8) is 0 Å². The lowest BCUT2D eigenvalue weighted by molar-refractivity contribution is -0.141. The number of carboxylic acids is 1. The first-order valence-electron chi connectivity index (χ1n) is 9.97. The third-order valence-corrected chi connectivity index (χ3v) is 5.20. The molecule has 170 valence electrons. The molecule has 0 saturated heterocycles. The van der Waals surface area contributed by atoms with Crippen molar-refractivity contribution in [2.45, 2.75) is 25.3 Å². The average Bonchev–Trinajstić information content (AvgIpc) is 3.26. The molecule has 0 aliphatic carbocycles. The molecule has 1 N–H and O–H groups in total. The second-order valence-electron chi connectivity index (χ2n) is 7.08. The number of amides is 1. The van der Waals surface area contributed by atoms with E-state index >= 15 is 0 Å². The number of carbonyl (C=O) groups is 2. The molecule has 0 saturated carbocycles. The Hall–Kier alpha value is -3.75. The summed E-state index contributed by atoms with van der Waals surface area (Å²) in [6.45, 7) is 0. The van der Waals surface area contributed by atoms with Crippen LogP contribution >= 0.6 is 0 Å². The van der Waals surface area contributed by atoms with E-state index in [1.807, 2.05) is 24.3 Å². The van der Waals surface area contributed by atoms with Crippen LogP contribution in [-0.4, -0.2) is 56.1 Å². The summed E-state index contributed by atoms with van der Waals surface area (Å²) in [5.74, 6) is 0.762. The van der Waals surface area contributed by atoms with E-state index in [-0.39, 0.29) is 12.8 Å². The molecule has 9 heteroatoms. The van der Waals surface area contributed by atoms with Crippen molar-refractivity contribution in [3.8, 4) is 23.0 Å². The first-order chi connectivity index (χ1) is 15.4. The Bertz CT molecular complexity index is 1010. The quantitative estimate of drug-likeness (QED) is 0.635. The van der Waals surface area contributed by atoms with E-state index in [9.17, 15) is 9.59 Å². The first kappa shape index (κ1) is 22.9. The van der Waals surface area contributed by atoms with Crippen LogP contribution in [0.3, 0.4) is 0 Å². The SMILES string of the molecule is COc1cc(OC)cc(C2=NN(C(=O)CCC(=O)O)C(c3cccc(OC)c3OC)C2)c1. The number of hydrazone groups is 1. The number of methoxy groups -OCH3 is 4. The summed E-state index contributed by atoms with van der Waals surface area (Å²) in [5, 5.41) is 14.9. The molecule has 2 aromatic rings. The van der Waals surface area contributed by atoms with Crippen LogP contribution in [0.5, 0.6) is 23.0 Å². The number of aliphatic carboxylic acids is 1. The fraction of sp³-hybridized carbons (Fsp3) is 0.348. The third kappa shape index (κ3) is 4.77. The molecule has 2 aromatic carbocycles. The molecule has 1 amide bonds. The summed E-state index contributed by atoms with van der Waals surface area (Å²) in [6.07, 6.45) is -0.0654. The summed E-state index contributed by atoms with van der Waals surface area (Å²) in [4.78, 5) is 24.0. The summed E-state index contributed by atoms with van der Waals surface area (Å²) < 4.78 is 21.7. The van der Waals surface area contributed by atoms with E-state index in [0.717, 1.165) is 5.56 Å². The maximum Gasteiger partial charge on any atom is 0.303 e. The molecular weight excluding hydrogens is 416 g/mol. The average molecular weight is 442 g/mol. The molecule has 1 atom stereocenters. The molecular formula is C23H26N2O7. The van der Waals surface area contributed by atoms with Crippen LogP contribution in [0.4, 0.5) is 0 Å². The molecule has 3 rings (SSSR count). The molecule has 0 fully saturated rings. The van der Waals surface area contributed by atoms with Crippen molar-refractivity contribution >= 4 is 17.6 Å². The van der Waals surface area contributed by atoms with Crippen molar-refractivity contribution in [1.82, 2.24) is 5.01 Å². The smallest absolute Gasteiger partial charge is 0.303 e. The Morgan fingerprint density at radius 2 is 1.69 bits per heavy atom. The van der Waals surface area contributed by atoms with E-state index < -0.39 is 17.9 Å². The van der Waals surface area contributed by atoms with E-state index in [1.54, 1.807) is 26.4 Å². The second kappa shape index (κ2) is 10.0. The molecule has 1 aliphatic rings. The highest BCUT2D eigenvalue weighted by molar-refractivity contribution is 6.04. The van der Waals surface area contributed by atoms with Crippen molar-refractivity contribution in [1.29, 1.82) is 0 Å². The number of ether oxygens (including phenoxy) is 4. The standard InChI is InChI=1S/C23H26N2O7/c1-29-15-10-14(11-16(12-15)30-2)18-13-19(25(24-18)21(26)8-9-22(27)28)17-6-5-7-20(31-3)23(17)32-4/h5-7,10-12,19H,8-9,13H2,1-4H3,(H,27,28). The van der Waals surface area contributed by atoms with Gasteiger partial charge in [0.1, 0.15) is 11.5 Å². The van der Waals surface area contributed by atoms with Gasteiger partial charge >= 0.3 is 5.97 Å². The lowest BCUT2D eigenvalue weighted by atomic mass is 9.97. The number of para-hydroxylation sites is 1. The van der Waals surface area contributed by atoms with Crippen LogP contribution in [0.25, 0.3) is 0 Å². The Morgan fingerprint density at radius 3 is 2.25 bits per heavy atom. The monoisotopic (exact) mass is 442 g/mol. The van der Waals surface area contributed by atoms with E-state index in [2.05, 4.69) is 5.10 Å². The highest BCUT2D eigenvalue weighted by atomic mass is 16.5. The van der Waals surface area contributed by atoms with Gasteiger partial charge in [0.2, 0.25) is 5.91 Å². The second-order valence-corrected chi connectivity index (χ2v) is 7.08. The minimum atomic E-state index is -1.05. The van der Waals surface area contributed by atoms with Gasteiger partial charge in [0.15, 0.2) is 11.5 Å². The van der Waals surface area contributed by atoms with Crippen LogP contribution < -0.4 is 18.9 Å². The van der Waals surface area contributed by atoms with Crippen molar-refractivity contribution in [2.24, 2.45) is 5.10 Å². The van der Waals surface area contributed by atoms with Gasteiger partial charge in [-0.15, -0.1) is 0 Å². The number of carbonyl (C=O) groups excluding carboxylic acids is 1. The van der Waals surface area contributed by atoms with Crippen LogP contribution in [0.2, 0.25) is 0 Å². The zero-order valence-corrected chi connectivity index (χ0v) is 18.5. The normalized spacial score (nSPS) is 15.2. The Morgan fingerprint density at radius 1 is 1.00 bits per heavy atom. The molecule has 0 aromatic heterocycles. The van der Waals surface area contributed by atoms with Gasteiger partial charge in [-0.05, 0) is 18.2 Å². The Kier molecular flexibility index (Phi) is 7.19. The Balaban J connectivity index is 2.05. The number of rotatable bonds is 9. The zero-order valence-electron chi connectivity index (χ0n) is 18.5. The zero-order chi connectivity index (χ0) is 23.3. The molecule has 0 spiro atoms. The molecule has 0 radical (unpaired) electrons. The van der Waals surface area contributed by atoms with Crippen molar-refractivity contribution < 1.29 is 33.6 Å². The first-order valence-corrected chi connectivity index (χ1v) is 9.97. The molecule has 9 nitrogen and oxygen atoms in total. The van der Waals surface area contributed by atoms with Gasteiger partial charge in [-0.1, -0.05) is 12.1 Å². The van der Waals surface area contributed by atoms with Gasteiger partial charge in [-0.25, -0.2) is 5.01 Å². The van der Waals surface area contributed by atoms with Crippen LogP contribution in [0, 0.1) is 0 Å². The Labute approximate surface area is 186 Å². The predicted molar refractivity (Wildman–Crippen MR) is 117 cm³/mol. The molecule has 0 bridgehead atoms. The van der Waals surface area contributed by atoms with Gasteiger partial charge in [0.05, 0.1) is 46.6 Å². The fourth-order valence-electron chi connectivity index (χ4n) is 3.63. The van der Waals surface area contributed by atoms with Gasteiger partial charge in [-0.2, -0.15) is 5.10 Å². The molecule has 32 heavy (non-hydrogen) atoms. The summed E-state index contributed by atoms with van der Waals surface area (Å²) in [7, 11) is 6.18. The third-order valence-electron chi connectivity index (χ3n) is 5.20. The van der Waals surface area contributed by atoms with Gasteiger partial charge in [0, 0.05) is 30.0 Å². The van der Waals surface area contributed by atoms with E-state index in [1.165, 1.54) is 19.2 Å². The lowest BCUT2D eigenvalue weighted by Crippen LogP contribution is -2.27. The molecule has 1 heterocycles.